The number of carbonyl (C=O) groups is 8. The summed E-state index contributed by atoms with van der Waals surface area (Å²) in [6, 6.07) is 0. The van der Waals surface area contributed by atoms with Gasteiger partial charge in [0.05, 0.1) is 17.6 Å². The van der Waals surface area contributed by atoms with Crippen LogP contribution in [0.2, 0.25) is 0 Å². The third-order valence-electron chi connectivity index (χ3n) is 11.1. The Bertz CT molecular complexity index is 2370. The molecule has 2 aliphatic carbocycles. The molecule has 0 amide bonds. The van der Waals surface area contributed by atoms with E-state index in [-0.39, 0.29) is 21.3 Å². The summed E-state index contributed by atoms with van der Waals surface area (Å²) >= 11 is 0. The summed E-state index contributed by atoms with van der Waals surface area (Å²) in [5.41, 5.74) is -21.8. The summed E-state index contributed by atoms with van der Waals surface area (Å²) in [7, 11) is 0. The first kappa shape index (κ1) is 34.2. The first-order valence-electron chi connectivity index (χ1n) is 15.9. The lowest BCUT2D eigenvalue weighted by atomic mass is 9.53. The third kappa shape index (κ3) is 3.69. The van der Waals surface area contributed by atoms with Crippen LogP contribution in [-0.2, 0) is 29.5 Å². The zero-order chi connectivity index (χ0) is 37.3. The average Bonchev–Trinajstić information content (AvgIpc) is 3.40. The highest BCUT2D eigenvalue weighted by Gasteiger charge is 2.83. The molecule has 2 saturated carbocycles. The van der Waals surface area contributed by atoms with Gasteiger partial charge in [0, 0.05) is 62.5 Å². The van der Waals surface area contributed by atoms with Crippen LogP contribution in [0, 0.1) is 13.8 Å². The number of rotatable bonds is 2. The molecular weight excluding hydrogens is 676 g/mol. The second kappa shape index (κ2) is 10.6. The van der Waals surface area contributed by atoms with Crippen LogP contribution in [0.15, 0.2) is 9.59 Å². The van der Waals surface area contributed by atoms with E-state index < -0.39 is 166 Å². The lowest BCUT2D eigenvalue weighted by Gasteiger charge is -2.56. The van der Waals surface area contributed by atoms with Gasteiger partial charge in [0.2, 0.25) is 17.0 Å². The monoisotopic (exact) mass is 704 g/mol. The Morgan fingerprint density at radius 2 is 1.14 bits per heavy atom. The van der Waals surface area contributed by atoms with Crippen molar-refractivity contribution in [2.24, 2.45) is 0 Å². The lowest BCUT2D eigenvalue weighted by molar-refractivity contribution is -0.257. The molecule has 0 aromatic heterocycles. The Kier molecular flexibility index (Phi) is 7.11. The van der Waals surface area contributed by atoms with Gasteiger partial charge in [-0.3, -0.25) is 47.7 Å². The Labute approximate surface area is 284 Å². The molecule has 2 fully saturated rings. The van der Waals surface area contributed by atoms with Gasteiger partial charge in [-0.1, -0.05) is 0 Å². The first-order chi connectivity index (χ1) is 23.9. The molecule has 18 nitrogen and oxygen atoms in total. The van der Waals surface area contributed by atoms with Crippen molar-refractivity contribution in [1.29, 1.82) is 0 Å². The van der Waals surface area contributed by atoms with E-state index in [4.69, 9.17) is 0 Å². The fraction of sp³-hybridized carbons (Fsp3) is 0.455. The van der Waals surface area contributed by atoms with E-state index in [1.807, 2.05) is 0 Å². The van der Waals surface area contributed by atoms with Gasteiger partial charge in [0.15, 0.2) is 63.2 Å². The summed E-state index contributed by atoms with van der Waals surface area (Å²) in [4.78, 5) is 148. The molecule has 4 N–H and O–H groups in total. The van der Waals surface area contributed by atoms with Crippen molar-refractivity contribution in [3.63, 3.8) is 0 Å². The van der Waals surface area contributed by atoms with Crippen LogP contribution in [0.5, 0.6) is 0 Å². The number of fused-ring (bicyclic) bond motifs is 3. The highest BCUT2D eigenvalue weighted by atomic mass is 16.4. The summed E-state index contributed by atoms with van der Waals surface area (Å²) in [6.07, 6.45) is -6.72. The molecule has 4 aliphatic heterocycles. The zero-order valence-electron chi connectivity index (χ0n) is 27.0. The number of hydrogen-bond acceptors (Lipinski definition) is 16. The van der Waals surface area contributed by atoms with Gasteiger partial charge in [-0.15, -0.1) is 0 Å². The first-order valence-corrected chi connectivity index (χ1v) is 15.9. The highest BCUT2D eigenvalue weighted by molar-refractivity contribution is 6.26. The van der Waals surface area contributed by atoms with Crippen molar-refractivity contribution in [3.8, 4) is 11.5 Å². The van der Waals surface area contributed by atoms with Gasteiger partial charge in [-0.05, 0) is 25.0 Å². The number of carbonyl (C=O) groups excluding carboxylic acids is 8. The standard InChI is InChI=1S/C33H28N4O14/c1-12-13(2)23-15(40)3-5-20(45)33(51,32(50)19(44)9-6-16(41)30(32,49)11-38)31(17(42)7-8-18(31)43)37-26(23)24-22(12)14(39)4-10-21(46)36-28(47)25(34-24)27(37)35-29(36)48/h38,49-51H,3-11H2,1-2H3. The molecule has 1 aromatic rings. The molecule has 0 saturated heterocycles. The van der Waals surface area contributed by atoms with Gasteiger partial charge in [-0.2, -0.15) is 9.55 Å². The molecule has 0 radical (unpaired) electrons. The molecule has 1 aromatic carbocycles. The number of nitrogens with zero attached hydrogens (tertiary/aromatic N) is 4. The summed E-state index contributed by atoms with van der Waals surface area (Å²) < 4.78 is 0.419. The molecule has 4 heterocycles. The third-order valence-corrected chi connectivity index (χ3v) is 11.1. The average molecular weight is 705 g/mol. The van der Waals surface area contributed by atoms with Gasteiger partial charge >= 0.3 is 5.69 Å². The minimum Gasteiger partial charge on any atom is -0.393 e. The van der Waals surface area contributed by atoms with E-state index in [1.165, 1.54) is 13.8 Å². The lowest BCUT2D eigenvalue weighted by Crippen LogP contribution is -2.86. The number of benzene rings is 1. The number of Topliss-reactive ketones (excluding diaryl/α,β-unsaturated/α-hetero) is 7. The second-order valence-corrected chi connectivity index (χ2v) is 13.4. The van der Waals surface area contributed by atoms with E-state index in [0.717, 1.165) is 0 Å². The SMILES string of the molecule is Cc1c(C)c2c3c4nc5c(=O)n(c(=O)nc-5n3C3(C(=O)CCC3=O)C(O)(C3(O)C(=O)CCC(=O)C3(O)CO)C(=O)CCC2=O)C(=O)CCC(=O)c14. The van der Waals surface area contributed by atoms with Crippen LogP contribution in [-0.4, -0.2) is 109 Å². The van der Waals surface area contributed by atoms with Gasteiger partial charge in [0.1, 0.15) is 0 Å². The predicted molar refractivity (Wildman–Crippen MR) is 165 cm³/mol. The number of hydrogen-bond donors (Lipinski definition) is 4. The van der Waals surface area contributed by atoms with Crippen LogP contribution in [0.1, 0.15) is 88.0 Å². The van der Waals surface area contributed by atoms with Crippen molar-refractivity contribution < 1.29 is 58.8 Å². The fourth-order valence-corrected chi connectivity index (χ4v) is 8.44. The molecule has 51 heavy (non-hydrogen) atoms. The van der Waals surface area contributed by atoms with Crippen molar-refractivity contribution >= 4 is 57.4 Å². The predicted octanol–water partition coefficient (Wildman–Crippen LogP) is -2.42. The topological polar surface area (TPSA) is 287 Å². The van der Waals surface area contributed by atoms with Crippen LogP contribution >= 0.6 is 0 Å². The highest BCUT2D eigenvalue weighted by Crippen LogP contribution is 2.55. The molecule has 3 atom stereocenters. The Morgan fingerprint density at radius 3 is 1.76 bits per heavy atom. The summed E-state index contributed by atoms with van der Waals surface area (Å²) in [5.74, 6) is -11.8. The number of aliphatic hydroxyl groups is 4. The Hall–Kier alpha value is -5.30. The summed E-state index contributed by atoms with van der Waals surface area (Å²) in [6.45, 7) is 0.966. The van der Waals surface area contributed by atoms with Crippen molar-refractivity contribution in [2.45, 2.75) is 87.6 Å². The van der Waals surface area contributed by atoms with Gasteiger partial charge in [-0.25, -0.2) is 9.78 Å². The molecule has 264 valence electrons. The van der Waals surface area contributed by atoms with Crippen molar-refractivity contribution in [1.82, 2.24) is 19.1 Å². The maximum absolute atomic E-state index is 14.7. The number of aliphatic hydroxyl groups excluding tert-OH is 1. The molecule has 1 spiro atoms. The second-order valence-electron chi connectivity index (χ2n) is 13.4. The van der Waals surface area contributed by atoms with Crippen molar-refractivity contribution in [3.05, 3.63) is 43.1 Å². The molecule has 3 bridgehead atoms. The van der Waals surface area contributed by atoms with E-state index in [1.54, 1.807) is 0 Å². The van der Waals surface area contributed by atoms with Gasteiger partial charge < -0.3 is 20.4 Å². The Balaban J connectivity index is 1.87. The molecule has 18 heteroatoms. The molecule has 7 rings (SSSR count). The van der Waals surface area contributed by atoms with Crippen LogP contribution in [0.25, 0.3) is 22.6 Å². The molecule has 3 unspecified atom stereocenters. The van der Waals surface area contributed by atoms with Gasteiger partial charge in [0.25, 0.3) is 5.56 Å². The summed E-state index contributed by atoms with van der Waals surface area (Å²) in [5, 5.41) is 47.6. The van der Waals surface area contributed by atoms with Crippen LogP contribution < -0.4 is 11.2 Å². The maximum atomic E-state index is 14.7. The van der Waals surface area contributed by atoms with Crippen LogP contribution in [0.3, 0.4) is 0 Å². The Morgan fingerprint density at radius 1 is 0.627 bits per heavy atom. The van der Waals surface area contributed by atoms with E-state index in [9.17, 15) is 68.4 Å². The van der Waals surface area contributed by atoms with E-state index in [0.29, 0.717) is 4.57 Å². The zero-order valence-corrected chi connectivity index (χ0v) is 27.0. The minimum atomic E-state index is -4.28. The number of aromatic nitrogens is 4. The smallest absolute Gasteiger partial charge is 0.359 e. The van der Waals surface area contributed by atoms with E-state index >= 15 is 0 Å². The van der Waals surface area contributed by atoms with Crippen molar-refractivity contribution in [2.75, 3.05) is 6.61 Å². The largest absolute Gasteiger partial charge is 0.393 e. The number of ketones is 7. The fourth-order valence-electron chi connectivity index (χ4n) is 8.44. The van der Waals surface area contributed by atoms with Crippen LogP contribution in [0.4, 0.5) is 0 Å². The minimum absolute atomic E-state index is 0.0188. The molecular formula is C33H28N4O14. The quantitative estimate of drug-likeness (QED) is 0.159. The maximum Gasteiger partial charge on any atom is 0.359 e. The normalized spacial score (nSPS) is 28.1. The van der Waals surface area contributed by atoms with E-state index in [2.05, 4.69) is 9.97 Å². The molecule has 6 aliphatic rings.